The summed E-state index contributed by atoms with van der Waals surface area (Å²) in [6.07, 6.45) is 1.87. The van der Waals surface area contributed by atoms with Gasteiger partial charge in [-0.15, -0.1) is 12.4 Å². The van der Waals surface area contributed by atoms with Gasteiger partial charge in [-0.3, -0.25) is 0 Å². The summed E-state index contributed by atoms with van der Waals surface area (Å²) >= 11 is 0. The van der Waals surface area contributed by atoms with E-state index in [1.165, 1.54) is 18.2 Å². The lowest BCUT2D eigenvalue weighted by Crippen LogP contribution is -2.16. The van der Waals surface area contributed by atoms with E-state index in [1.807, 2.05) is 0 Å². The van der Waals surface area contributed by atoms with Crippen molar-refractivity contribution in [2.24, 2.45) is 0 Å². The van der Waals surface area contributed by atoms with Crippen molar-refractivity contribution in [1.82, 2.24) is 5.32 Å². The van der Waals surface area contributed by atoms with Crippen LogP contribution in [0.1, 0.15) is 34.8 Å². The zero-order valence-electron chi connectivity index (χ0n) is 8.57. The molecule has 0 amide bonds. The van der Waals surface area contributed by atoms with Crippen molar-refractivity contribution in [1.29, 1.82) is 0 Å². The second-order valence-corrected chi connectivity index (χ2v) is 3.69. The minimum Gasteiger partial charge on any atom is -0.478 e. The van der Waals surface area contributed by atoms with Crippen LogP contribution in [0.4, 0.5) is 4.39 Å². The molecule has 2 N–H and O–H groups in total. The van der Waals surface area contributed by atoms with Crippen molar-refractivity contribution >= 4 is 18.4 Å². The molecule has 5 heteroatoms. The number of halogens is 2. The normalized spacial score (nSPS) is 19.2. The number of rotatable bonds is 2. The summed E-state index contributed by atoms with van der Waals surface area (Å²) in [5, 5.41) is 12.1. The fourth-order valence-electron chi connectivity index (χ4n) is 1.97. The number of aromatic carboxylic acids is 1. The minimum atomic E-state index is -1.00. The van der Waals surface area contributed by atoms with Gasteiger partial charge in [0, 0.05) is 6.04 Å². The topological polar surface area (TPSA) is 49.3 Å². The summed E-state index contributed by atoms with van der Waals surface area (Å²) < 4.78 is 13.0. The van der Waals surface area contributed by atoms with Gasteiger partial charge in [0.05, 0.1) is 5.56 Å². The predicted molar refractivity (Wildman–Crippen MR) is 60.6 cm³/mol. The summed E-state index contributed by atoms with van der Waals surface area (Å²) in [5.41, 5.74) is 0.746. The van der Waals surface area contributed by atoms with Crippen LogP contribution in [0.2, 0.25) is 0 Å². The van der Waals surface area contributed by atoms with Gasteiger partial charge in [0.1, 0.15) is 5.82 Å². The number of hydrogen-bond acceptors (Lipinski definition) is 2. The van der Waals surface area contributed by atoms with Crippen molar-refractivity contribution in [2.75, 3.05) is 6.54 Å². The van der Waals surface area contributed by atoms with Gasteiger partial charge in [-0.2, -0.15) is 0 Å². The Bertz CT molecular complexity index is 392. The monoisotopic (exact) mass is 245 g/mol. The van der Waals surface area contributed by atoms with Crippen LogP contribution in [-0.2, 0) is 0 Å². The molecule has 1 aliphatic heterocycles. The first-order valence-electron chi connectivity index (χ1n) is 4.94. The smallest absolute Gasteiger partial charge is 0.336 e. The van der Waals surface area contributed by atoms with Gasteiger partial charge < -0.3 is 10.4 Å². The van der Waals surface area contributed by atoms with E-state index in [0.29, 0.717) is 5.56 Å². The number of nitrogens with one attached hydrogen (secondary N) is 1. The molecule has 0 radical (unpaired) electrons. The van der Waals surface area contributed by atoms with Crippen molar-refractivity contribution in [3.63, 3.8) is 0 Å². The summed E-state index contributed by atoms with van der Waals surface area (Å²) in [5.74, 6) is -1.39. The first kappa shape index (κ1) is 12.9. The number of carboxylic acid groups (broad SMARTS) is 1. The van der Waals surface area contributed by atoms with E-state index < -0.39 is 5.97 Å². The minimum absolute atomic E-state index is 0. The molecule has 1 heterocycles. The highest BCUT2D eigenvalue weighted by Crippen LogP contribution is 2.26. The highest BCUT2D eigenvalue weighted by atomic mass is 35.5. The third-order valence-corrected chi connectivity index (χ3v) is 2.68. The van der Waals surface area contributed by atoms with Gasteiger partial charge in [0.2, 0.25) is 0 Å². The van der Waals surface area contributed by atoms with E-state index in [1.54, 1.807) is 0 Å². The molecule has 1 aromatic carbocycles. The summed E-state index contributed by atoms with van der Waals surface area (Å²) in [6.45, 7) is 0.861. The summed E-state index contributed by atoms with van der Waals surface area (Å²) in [6, 6.07) is 3.80. The van der Waals surface area contributed by atoms with Gasteiger partial charge in [0.25, 0.3) is 0 Å². The van der Waals surface area contributed by atoms with Crippen LogP contribution in [0.3, 0.4) is 0 Å². The molecule has 0 aromatic heterocycles. The Morgan fingerprint density at radius 3 is 2.81 bits per heavy atom. The van der Waals surface area contributed by atoms with E-state index in [-0.39, 0.29) is 29.8 Å². The zero-order chi connectivity index (χ0) is 10.8. The lowest BCUT2D eigenvalue weighted by atomic mass is 9.99. The highest BCUT2D eigenvalue weighted by Gasteiger charge is 2.22. The van der Waals surface area contributed by atoms with Crippen LogP contribution in [-0.4, -0.2) is 17.6 Å². The predicted octanol–water partition coefficient (Wildman–Crippen LogP) is 2.37. The Balaban J connectivity index is 0.00000128. The molecule has 1 atom stereocenters. The average molecular weight is 246 g/mol. The molecule has 0 aliphatic carbocycles. The van der Waals surface area contributed by atoms with Gasteiger partial charge in [-0.1, -0.05) is 0 Å². The van der Waals surface area contributed by atoms with E-state index in [0.717, 1.165) is 19.4 Å². The SMILES string of the molecule is Cl.O=C(O)c1ccc(F)cc1[C@H]1CCCN1. The van der Waals surface area contributed by atoms with Gasteiger partial charge >= 0.3 is 5.97 Å². The van der Waals surface area contributed by atoms with Crippen molar-refractivity contribution in [2.45, 2.75) is 18.9 Å². The van der Waals surface area contributed by atoms with Crippen LogP contribution in [0.15, 0.2) is 18.2 Å². The number of carbonyl (C=O) groups is 1. The molecule has 2 rings (SSSR count). The van der Waals surface area contributed by atoms with Gasteiger partial charge in [-0.25, -0.2) is 9.18 Å². The third-order valence-electron chi connectivity index (χ3n) is 2.68. The molecule has 88 valence electrons. The first-order chi connectivity index (χ1) is 7.18. The van der Waals surface area contributed by atoms with E-state index in [2.05, 4.69) is 5.32 Å². The number of benzene rings is 1. The van der Waals surface area contributed by atoms with Crippen LogP contribution in [0.5, 0.6) is 0 Å². The fraction of sp³-hybridized carbons (Fsp3) is 0.364. The molecular weight excluding hydrogens is 233 g/mol. The molecule has 0 unspecified atom stereocenters. The molecule has 1 saturated heterocycles. The number of hydrogen-bond donors (Lipinski definition) is 2. The standard InChI is InChI=1S/C11H12FNO2.ClH/c12-7-3-4-8(11(14)15)9(6-7)10-2-1-5-13-10;/h3-4,6,10,13H,1-2,5H2,(H,14,15);1H/t10-;/m1./s1. The second kappa shape index (κ2) is 5.27. The summed E-state index contributed by atoms with van der Waals surface area (Å²) in [7, 11) is 0. The van der Waals surface area contributed by atoms with Crippen molar-refractivity contribution < 1.29 is 14.3 Å². The Hall–Kier alpha value is -1.13. The molecule has 16 heavy (non-hydrogen) atoms. The zero-order valence-corrected chi connectivity index (χ0v) is 9.39. The second-order valence-electron chi connectivity index (χ2n) is 3.69. The lowest BCUT2D eigenvalue weighted by Gasteiger charge is -2.13. The average Bonchev–Trinajstić information content (AvgIpc) is 2.69. The van der Waals surface area contributed by atoms with Crippen LogP contribution >= 0.6 is 12.4 Å². The van der Waals surface area contributed by atoms with Crippen molar-refractivity contribution in [3.8, 4) is 0 Å². The van der Waals surface area contributed by atoms with Crippen LogP contribution in [0, 0.1) is 5.82 Å². The lowest BCUT2D eigenvalue weighted by molar-refractivity contribution is 0.0695. The van der Waals surface area contributed by atoms with Gasteiger partial charge in [-0.05, 0) is 43.1 Å². The molecule has 1 aliphatic rings. The van der Waals surface area contributed by atoms with Crippen LogP contribution < -0.4 is 5.32 Å². The molecule has 1 fully saturated rings. The fourth-order valence-corrected chi connectivity index (χ4v) is 1.97. The Morgan fingerprint density at radius 1 is 1.50 bits per heavy atom. The van der Waals surface area contributed by atoms with E-state index >= 15 is 0 Å². The molecule has 0 saturated carbocycles. The van der Waals surface area contributed by atoms with Gasteiger partial charge in [0.15, 0.2) is 0 Å². The molecule has 0 spiro atoms. The quantitative estimate of drug-likeness (QED) is 0.841. The van der Waals surface area contributed by atoms with E-state index in [9.17, 15) is 9.18 Å². The van der Waals surface area contributed by atoms with Crippen molar-refractivity contribution in [3.05, 3.63) is 35.1 Å². The van der Waals surface area contributed by atoms with E-state index in [4.69, 9.17) is 5.11 Å². The van der Waals surface area contributed by atoms with Crippen LogP contribution in [0.25, 0.3) is 0 Å². The Labute approximate surface area is 99.1 Å². The highest BCUT2D eigenvalue weighted by molar-refractivity contribution is 5.89. The third kappa shape index (κ3) is 2.51. The largest absolute Gasteiger partial charge is 0.478 e. The molecular formula is C11H13ClFNO2. The summed E-state index contributed by atoms with van der Waals surface area (Å²) in [4.78, 5) is 10.9. The molecule has 1 aromatic rings. The Morgan fingerprint density at radius 2 is 2.25 bits per heavy atom. The maximum Gasteiger partial charge on any atom is 0.336 e. The maximum atomic E-state index is 13.0. The first-order valence-corrected chi connectivity index (χ1v) is 4.94. The molecule has 3 nitrogen and oxygen atoms in total. The maximum absolute atomic E-state index is 13.0. The number of carboxylic acids is 1. The molecule has 0 bridgehead atoms. The Kier molecular flexibility index (Phi) is 4.26.